The smallest absolute Gasteiger partial charge is 0.239 e. The van der Waals surface area contributed by atoms with Gasteiger partial charge in [-0.2, -0.15) is 0 Å². The van der Waals surface area contributed by atoms with Gasteiger partial charge in [0.25, 0.3) is 0 Å². The molecule has 0 unspecified atom stereocenters. The first-order valence-corrected chi connectivity index (χ1v) is 8.50. The minimum Gasteiger partial charge on any atom is -0.497 e. The van der Waals surface area contributed by atoms with Gasteiger partial charge in [-0.15, -0.1) is 0 Å². The van der Waals surface area contributed by atoms with E-state index in [9.17, 15) is 4.79 Å². The van der Waals surface area contributed by atoms with Crippen molar-refractivity contribution in [1.82, 2.24) is 5.32 Å². The summed E-state index contributed by atoms with van der Waals surface area (Å²) in [6.07, 6.45) is 4.74. The lowest BCUT2D eigenvalue weighted by Gasteiger charge is -2.20. The number of nitrogens with one attached hydrogen (secondary N) is 2. The predicted molar refractivity (Wildman–Crippen MR) is 96.4 cm³/mol. The number of carbonyl (C=O) groups is 1. The van der Waals surface area contributed by atoms with Gasteiger partial charge in [0.15, 0.2) is 0 Å². The summed E-state index contributed by atoms with van der Waals surface area (Å²) < 4.78 is 5.19. The molecule has 1 aliphatic carbocycles. The Hall–Kier alpha value is -2.49. The van der Waals surface area contributed by atoms with E-state index in [1.165, 1.54) is 24.0 Å². The van der Waals surface area contributed by atoms with Crippen LogP contribution in [0.5, 0.6) is 5.75 Å². The number of hydrogen-bond acceptors (Lipinski definition) is 3. The molecular weight excluding hydrogens is 300 g/mol. The van der Waals surface area contributed by atoms with Crippen molar-refractivity contribution in [2.24, 2.45) is 0 Å². The van der Waals surface area contributed by atoms with Crippen LogP contribution >= 0.6 is 0 Å². The van der Waals surface area contributed by atoms with Gasteiger partial charge in [0.1, 0.15) is 5.75 Å². The molecule has 0 aromatic heterocycles. The van der Waals surface area contributed by atoms with Gasteiger partial charge in [0.05, 0.1) is 13.7 Å². The summed E-state index contributed by atoms with van der Waals surface area (Å²) in [5.41, 5.74) is 4.93. The minimum absolute atomic E-state index is 0.00812. The zero-order valence-corrected chi connectivity index (χ0v) is 14.1. The van der Waals surface area contributed by atoms with E-state index in [0.717, 1.165) is 29.8 Å². The van der Waals surface area contributed by atoms with Gasteiger partial charge in [-0.3, -0.25) is 4.79 Å². The Bertz CT molecular complexity index is 713. The van der Waals surface area contributed by atoms with Crippen LogP contribution in [0.25, 0.3) is 0 Å². The second kappa shape index (κ2) is 7.86. The largest absolute Gasteiger partial charge is 0.497 e. The molecular formula is C20H24N2O2. The number of rotatable bonds is 6. The fourth-order valence-corrected chi connectivity index (χ4v) is 3.17. The Morgan fingerprint density at radius 1 is 1.12 bits per heavy atom. The van der Waals surface area contributed by atoms with E-state index >= 15 is 0 Å². The molecule has 4 heteroatoms. The average molecular weight is 324 g/mol. The lowest BCUT2D eigenvalue weighted by Crippen LogP contribution is -2.29. The number of hydrogen-bond donors (Lipinski definition) is 2. The number of amides is 1. The van der Waals surface area contributed by atoms with Crippen molar-refractivity contribution in [1.29, 1.82) is 0 Å². The van der Waals surface area contributed by atoms with E-state index in [0.29, 0.717) is 13.1 Å². The van der Waals surface area contributed by atoms with Crippen molar-refractivity contribution in [3.63, 3.8) is 0 Å². The van der Waals surface area contributed by atoms with Gasteiger partial charge >= 0.3 is 0 Å². The number of fused-ring (bicyclic) bond motifs is 1. The molecule has 0 spiro atoms. The van der Waals surface area contributed by atoms with Gasteiger partial charge in [0.2, 0.25) is 5.91 Å². The average Bonchev–Trinajstić information content (AvgIpc) is 2.64. The van der Waals surface area contributed by atoms with Crippen LogP contribution in [-0.4, -0.2) is 19.6 Å². The van der Waals surface area contributed by atoms with Crippen LogP contribution in [0.3, 0.4) is 0 Å². The van der Waals surface area contributed by atoms with Crippen molar-refractivity contribution < 1.29 is 9.53 Å². The third-order valence-corrected chi connectivity index (χ3v) is 4.46. The lowest BCUT2D eigenvalue weighted by atomic mass is 9.90. The molecule has 2 N–H and O–H groups in total. The zero-order valence-electron chi connectivity index (χ0n) is 14.1. The number of carbonyl (C=O) groups excluding carboxylic acids is 1. The zero-order chi connectivity index (χ0) is 16.8. The lowest BCUT2D eigenvalue weighted by molar-refractivity contribution is -0.119. The second-order valence-corrected chi connectivity index (χ2v) is 6.13. The van der Waals surface area contributed by atoms with E-state index in [4.69, 9.17) is 4.74 Å². The molecule has 0 fully saturated rings. The highest BCUT2D eigenvalue weighted by Crippen LogP contribution is 2.27. The summed E-state index contributed by atoms with van der Waals surface area (Å²) in [6.45, 7) is 0.797. The van der Waals surface area contributed by atoms with Gasteiger partial charge in [-0.25, -0.2) is 0 Å². The van der Waals surface area contributed by atoms with Gasteiger partial charge in [-0.1, -0.05) is 24.3 Å². The molecule has 24 heavy (non-hydrogen) atoms. The van der Waals surface area contributed by atoms with Gasteiger partial charge < -0.3 is 15.4 Å². The molecule has 3 rings (SSSR count). The molecule has 0 saturated carbocycles. The summed E-state index contributed by atoms with van der Waals surface area (Å²) >= 11 is 0. The van der Waals surface area contributed by atoms with Crippen LogP contribution in [0, 0.1) is 0 Å². The fourth-order valence-electron chi connectivity index (χ4n) is 3.17. The summed E-state index contributed by atoms with van der Waals surface area (Å²) in [6, 6.07) is 14.1. The minimum atomic E-state index is -0.00812. The van der Waals surface area contributed by atoms with E-state index < -0.39 is 0 Å². The van der Waals surface area contributed by atoms with Crippen LogP contribution in [0.15, 0.2) is 42.5 Å². The fraction of sp³-hybridized carbons (Fsp3) is 0.350. The Morgan fingerprint density at radius 3 is 2.83 bits per heavy atom. The Morgan fingerprint density at radius 2 is 1.96 bits per heavy atom. The van der Waals surface area contributed by atoms with E-state index in [1.807, 2.05) is 24.3 Å². The summed E-state index contributed by atoms with van der Waals surface area (Å²) in [7, 11) is 1.64. The van der Waals surface area contributed by atoms with Crippen molar-refractivity contribution >= 4 is 11.6 Å². The first-order valence-electron chi connectivity index (χ1n) is 8.50. The standard InChI is InChI=1S/C20H24N2O2/c1-24-17-9-4-6-15(12-17)13-22-20(23)14-21-19-11-5-8-16-7-2-3-10-18(16)19/h4-6,8-9,11-12,21H,2-3,7,10,13-14H2,1H3,(H,22,23). The molecule has 4 nitrogen and oxygen atoms in total. The highest BCUT2D eigenvalue weighted by molar-refractivity contribution is 5.81. The summed E-state index contributed by atoms with van der Waals surface area (Å²) in [4.78, 5) is 12.1. The predicted octanol–water partition coefficient (Wildman–Crippen LogP) is 3.30. The normalized spacial score (nSPS) is 13.0. The number of benzene rings is 2. The number of ether oxygens (including phenoxy) is 1. The van der Waals surface area contributed by atoms with Crippen LogP contribution in [0.4, 0.5) is 5.69 Å². The highest BCUT2D eigenvalue weighted by atomic mass is 16.5. The molecule has 1 amide bonds. The van der Waals surface area contributed by atoms with Gasteiger partial charge in [0, 0.05) is 12.2 Å². The summed E-state index contributed by atoms with van der Waals surface area (Å²) in [5, 5.41) is 6.24. The summed E-state index contributed by atoms with van der Waals surface area (Å²) in [5.74, 6) is 0.794. The quantitative estimate of drug-likeness (QED) is 0.857. The molecule has 0 heterocycles. The van der Waals surface area contributed by atoms with E-state index in [-0.39, 0.29) is 5.91 Å². The third-order valence-electron chi connectivity index (χ3n) is 4.46. The number of anilines is 1. The Labute approximate surface area is 143 Å². The first kappa shape index (κ1) is 16.4. The molecule has 0 atom stereocenters. The highest BCUT2D eigenvalue weighted by Gasteiger charge is 2.13. The Balaban J connectivity index is 1.52. The molecule has 126 valence electrons. The van der Waals surface area contributed by atoms with Crippen LogP contribution in [0.1, 0.15) is 29.5 Å². The van der Waals surface area contributed by atoms with Crippen molar-refractivity contribution in [3.05, 3.63) is 59.2 Å². The maximum Gasteiger partial charge on any atom is 0.239 e. The van der Waals surface area contributed by atoms with Crippen LogP contribution in [-0.2, 0) is 24.2 Å². The van der Waals surface area contributed by atoms with Crippen LogP contribution in [0.2, 0.25) is 0 Å². The molecule has 0 aliphatic heterocycles. The van der Waals surface area contributed by atoms with Crippen molar-refractivity contribution in [2.45, 2.75) is 32.2 Å². The van der Waals surface area contributed by atoms with Gasteiger partial charge in [-0.05, 0) is 60.6 Å². The molecule has 0 bridgehead atoms. The molecule has 2 aromatic rings. The van der Waals surface area contributed by atoms with E-state index in [1.54, 1.807) is 7.11 Å². The number of methoxy groups -OCH3 is 1. The first-order chi connectivity index (χ1) is 11.8. The maximum absolute atomic E-state index is 12.1. The van der Waals surface area contributed by atoms with Crippen LogP contribution < -0.4 is 15.4 Å². The monoisotopic (exact) mass is 324 g/mol. The topological polar surface area (TPSA) is 50.4 Å². The molecule has 2 aromatic carbocycles. The molecule has 0 saturated heterocycles. The Kier molecular flexibility index (Phi) is 5.36. The van der Waals surface area contributed by atoms with E-state index in [2.05, 4.69) is 28.8 Å². The van der Waals surface area contributed by atoms with Crippen molar-refractivity contribution in [3.8, 4) is 5.75 Å². The number of aryl methyl sites for hydroxylation is 1. The third kappa shape index (κ3) is 4.07. The molecule has 1 aliphatic rings. The van der Waals surface area contributed by atoms with Crippen molar-refractivity contribution in [2.75, 3.05) is 19.0 Å². The molecule has 0 radical (unpaired) electrons. The maximum atomic E-state index is 12.1. The second-order valence-electron chi connectivity index (χ2n) is 6.13. The SMILES string of the molecule is COc1cccc(CNC(=O)CNc2cccc3c2CCCC3)c1.